The molecule has 0 spiro atoms. The molecule has 3 aromatic rings. The van der Waals surface area contributed by atoms with Crippen LogP contribution in [0.25, 0.3) is 16.2 Å². The van der Waals surface area contributed by atoms with Crippen LogP contribution in [-0.4, -0.2) is 19.6 Å². The topological polar surface area (TPSA) is 66.9 Å². The minimum atomic E-state index is -0.0467. The van der Waals surface area contributed by atoms with E-state index in [1.807, 2.05) is 12.1 Å². The van der Waals surface area contributed by atoms with Crippen LogP contribution in [0.3, 0.4) is 0 Å². The van der Waals surface area contributed by atoms with Gasteiger partial charge in [-0.3, -0.25) is 4.98 Å². The molecule has 0 bridgehead atoms. The van der Waals surface area contributed by atoms with Gasteiger partial charge >= 0.3 is 0 Å². The first-order valence-electron chi connectivity index (χ1n) is 6.21. The highest BCUT2D eigenvalue weighted by molar-refractivity contribution is 7.16. The minimum absolute atomic E-state index is 0.0467. The van der Waals surface area contributed by atoms with Crippen molar-refractivity contribution in [3.8, 4) is 17.3 Å². The first kappa shape index (κ1) is 12.8. The van der Waals surface area contributed by atoms with Crippen LogP contribution in [0.5, 0.6) is 0 Å². The Morgan fingerprint density at radius 3 is 2.55 bits per heavy atom. The van der Waals surface area contributed by atoms with Crippen LogP contribution < -0.4 is 0 Å². The molecule has 0 atom stereocenters. The Hall–Kier alpha value is -2.26. The van der Waals surface area contributed by atoms with Crippen molar-refractivity contribution in [3.63, 3.8) is 0 Å². The lowest BCUT2D eigenvalue weighted by atomic mass is 9.98. The summed E-state index contributed by atoms with van der Waals surface area (Å²) in [6, 6.07) is 5.90. The Morgan fingerprint density at radius 2 is 1.95 bits per heavy atom. The third-order valence-corrected chi connectivity index (χ3v) is 4.24. The van der Waals surface area contributed by atoms with Crippen LogP contribution in [0.4, 0.5) is 0 Å². The molecule has 0 aliphatic heterocycles. The van der Waals surface area contributed by atoms with Gasteiger partial charge in [-0.05, 0) is 12.1 Å². The molecule has 0 unspecified atom stereocenters. The monoisotopic (exact) mass is 283 g/mol. The molecule has 0 aromatic carbocycles. The predicted octanol–water partition coefficient (Wildman–Crippen LogP) is 3.02. The molecule has 0 fully saturated rings. The maximum atomic E-state index is 9.42. The molecule has 0 aliphatic rings. The third kappa shape index (κ3) is 1.96. The summed E-state index contributed by atoms with van der Waals surface area (Å²) >= 11 is 1.52. The highest BCUT2D eigenvalue weighted by Crippen LogP contribution is 2.31. The van der Waals surface area contributed by atoms with Gasteiger partial charge in [-0.1, -0.05) is 32.1 Å². The van der Waals surface area contributed by atoms with Crippen LogP contribution in [0.15, 0.2) is 24.5 Å². The largest absolute Gasteiger partial charge is 0.265 e. The smallest absolute Gasteiger partial charge is 0.214 e. The zero-order valence-corrected chi connectivity index (χ0v) is 12.3. The molecular weight excluding hydrogens is 270 g/mol. The summed E-state index contributed by atoms with van der Waals surface area (Å²) in [4.78, 5) is 9.29. The normalized spacial score (nSPS) is 11.7. The molecule has 20 heavy (non-hydrogen) atoms. The van der Waals surface area contributed by atoms with Gasteiger partial charge in [-0.15, -0.1) is 0 Å². The zero-order chi connectivity index (χ0) is 14.3. The highest BCUT2D eigenvalue weighted by Gasteiger charge is 2.23. The number of nitrogens with zero attached hydrogens (tertiary/aromatic N) is 5. The Morgan fingerprint density at radius 1 is 1.25 bits per heavy atom. The van der Waals surface area contributed by atoms with Crippen molar-refractivity contribution in [2.24, 2.45) is 0 Å². The second-order valence-electron chi connectivity index (χ2n) is 5.51. The Bertz CT molecular complexity index is 802. The molecule has 5 nitrogen and oxygen atoms in total. The van der Waals surface area contributed by atoms with Gasteiger partial charge in [-0.25, -0.2) is 4.98 Å². The molecule has 3 rings (SSSR count). The molecule has 0 amide bonds. The van der Waals surface area contributed by atoms with E-state index in [-0.39, 0.29) is 5.41 Å². The summed E-state index contributed by atoms with van der Waals surface area (Å²) in [6.45, 7) is 6.29. The van der Waals surface area contributed by atoms with Crippen molar-refractivity contribution in [3.05, 3.63) is 35.2 Å². The van der Waals surface area contributed by atoms with Gasteiger partial charge in [0.25, 0.3) is 0 Å². The number of rotatable bonds is 1. The maximum Gasteiger partial charge on any atom is 0.214 e. The first-order chi connectivity index (χ1) is 9.50. The summed E-state index contributed by atoms with van der Waals surface area (Å²) in [5, 5.41) is 14.9. The minimum Gasteiger partial charge on any atom is -0.265 e. The van der Waals surface area contributed by atoms with E-state index in [9.17, 15) is 5.26 Å². The summed E-state index contributed by atoms with van der Waals surface area (Å²) in [6.07, 6.45) is 3.38. The van der Waals surface area contributed by atoms with Gasteiger partial charge < -0.3 is 0 Å². The van der Waals surface area contributed by atoms with Gasteiger partial charge in [0.1, 0.15) is 16.8 Å². The summed E-state index contributed by atoms with van der Waals surface area (Å²) in [5.41, 5.74) is 1.97. The molecule has 100 valence electrons. The SMILES string of the molecule is CC(C)(C)c1nn2c(C#N)c(-c3ccncc3)nc2s1. The average molecular weight is 283 g/mol. The molecule has 0 saturated carbocycles. The lowest BCUT2D eigenvalue weighted by Gasteiger charge is -2.12. The number of pyridine rings is 1. The van der Waals surface area contributed by atoms with Gasteiger partial charge in [0.05, 0.1) is 0 Å². The van der Waals surface area contributed by atoms with Crippen molar-refractivity contribution in [2.45, 2.75) is 26.2 Å². The Kier molecular flexibility index (Phi) is 2.80. The lowest BCUT2D eigenvalue weighted by molar-refractivity contribution is 0.573. The summed E-state index contributed by atoms with van der Waals surface area (Å²) in [7, 11) is 0. The molecule has 3 heterocycles. The second kappa shape index (κ2) is 4.39. The van der Waals surface area contributed by atoms with E-state index in [2.05, 4.69) is 41.9 Å². The number of imidazole rings is 1. The van der Waals surface area contributed by atoms with E-state index in [0.717, 1.165) is 15.5 Å². The average Bonchev–Trinajstić information content (AvgIpc) is 2.96. The van der Waals surface area contributed by atoms with Crippen LogP contribution in [0.2, 0.25) is 0 Å². The molecule has 0 radical (unpaired) electrons. The third-order valence-electron chi connectivity index (χ3n) is 2.90. The predicted molar refractivity (Wildman–Crippen MR) is 77.5 cm³/mol. The van der Waals surface area contributed by atoms with Crippen LogP contribution in [-0.2, 0) is 5.41 Å². The van der Waals surface area contributed by atoms with Crippen molar-refractivity contribution in [1.29, 1.82) is 5.26 Å². The standard InChI is InChI=1S/C14H13N5S/c1-14(2,3)12-18-19-10(8-15)11(17-13(19)20-12)9-4-6-16-7-5-9/h4-7H,1-3H3. The maximum absolute atomic E-state index is 9.42. The molecule has 0 N–H and O–H groups in total. The van der Waals surface area contributed by atoms with Crippen LogP contribution in [0.1, 0.15) is 31.5 Å². The van der Waals surface area contributed by atoms with Crippen molar-refractivity contribution < 1.29 is 0 Å². The molecular formula is C14H13N5S. The van der Waals surface area contributed by atoms with Crippen LogP contribution >= 0.6 is 11.3 Å². The molecule has 0 aliphatic carbocycles. The number of aromatic nitrogens is 4. The van der Waals surface area contributed by atoms with E-state index >= 15 is 0 Å². The van der Waals surface area contributed by atoms with E-state index in [1.54, 1.807) is 16.9 Å². The first-order valence-corrected chi connectivity index (χ1v) is 7.03. The van der Waals surface area contributed by atoms with Gasteiger partial charge in [0.15, 0.2) is 5.69 Å². The summed E-state index contributed by atoms with van der Waals surface area (Å²) < 4.78 is 1.64. The fourth-order valence-electron chi connectivity index (χ4n) is 1.86. The Balaban J connectivity index is 2.23. The fraction of sp³-hybridized carbons (Fsp3) is 0.286. The second-order valence-corrected chi connectivity index (χ2v) is 6.46. The summed E-state index contributed by atoms with van der Waals surface area (Å²) in [5.74, 6) is 0. The number of hydrogen-bond donors (Lipinski definition) is 0. The lowest BCUT2D eigenvalue weighted by Crippen LogP contribution is -2.11. The fourth-order valence-corrected chi connectivity index (χ4v) is 2.82. The van der Waals surface area contributed by atoms with E-state index in [0.29, 0.717) is 11.4 Å². The quantitative estimate of drug-likeness (QED) is 0.688. The number of hydrogen-bond acceptors (Lipinski definition) is 5. The molecule has 0 saturated heterocycles. The number of nitriles is 1. The van der Waals surface area contributed by atoms with Crippen LogP contribution in [0, 0.1) is 11.3 Å². The Labute approximate surface area is 120 Å². The molecule has 3 aromatic heterocycles. The van der Waals surface area contributed by atoms with Crippen molar-refractivity contribution in [1.82, 2.24) is 19.6 Å². The van der Waals surface area contributed by atoms with E-state index < -0.39 is 0 Å². The van der Waals surface area contributed by atoms with E-state index in [4.69, 9.17) is 0 Å². The van der Waals surface area contributed by atoms with Crippen molar-refractivity contribution in [2.75, 3.05) is 0 Å². The number of fused-ring (bicyclic) bond motifs is 1. The van der Waals surface area contributed by atoms with Gasteiger partial charge in [-0.2, -0.15) is 14.9 Å². The molecule has 6 heteroatoms. The van der Waals surface area contributed by atoms with Crippen molar-refractivity contribution >= 4 is 16.3 Å². The van der Waals surface area contributed by atoms with Gasteiger partial charge in [0.2, 0.25) is 4.96 Å². The zero-order valence-electron chi connectivity index (χ0n) is 11.5. The van der Waals surface area contributed by atoms with Gasteiger partial charge in [0, 0.05) is 23.4 Å². The van der Waals surface area contributed by atoms with E-state index in [1.165, 1.54) is 11.3 Å². The highest BCUT2D eigenvalue weighted by atomic mass is 32.1.